The van der Waals surface area contributed by atoms with Crippen molar-refractivity contribution in [2.45, 2.75) is 33.7 Å². The third kappa shape index (κ3) is 5.14. The Hall–Kier alpha value is -1.06. The molecule has 0 bridgehead atoms. The molecule has 0 unspecified atom stereocenters. The van der Waals surface area contributed by atoms with Crippen molar-refractivity contribution in [3.8, 4) is 0 Å². The van der Waals surface area contributed by atoms with Crippen molar-refractivity contribution in [3.63, 3.8) is 0 Å². The molecule has 1 aromatic rings. The van der Waals surface area contributed by atoms with E-state index in [1.807, 2.05) is 7.05 Å². The summed E-state index contributed by atoms with van der Waals surface area (Å²) >= 11 is 0. The molecule has 0 saturated carbocycles. The Morgan fingerprint density at radius 3 is 2.25 bits per heavy atom. The Balaban J connectivity index is 2.61. The van der Waals surface area contributed by atoms with Crippen molar-refractivity contribution in [2.75, 3.05) is 44.7 Å². The van der Waals surface area contributed by atoms with Crippen LogP contribution in [0.2, 0.25) is 0 Å². The first kappa shape index (κ1) is 17.0. The molecule has 1 N–H and O–H groups in total. The molecule has 0 saturated heterocycles. The second-order valence-electron chi connectivity index (χ2n) is 5.12. The zero-order valence-electron chi connectivity index (χ0n) is 13.7. The average Bonchev–Trinajstić information content (AvgIpc) is 2.49. The molecule has 0 heterocycles. The molecule has 114 valence electrons. The Kier molecular flexibility index (Phi) is 8.31. The number of nitrogens with one attached hydrogen (secondary N) is 1. The fourth-order valence-electron chi connectivity index (χ4n) is 2.63. The van der Waals surface area contributed by atoms with E-state index in [0.717, 1.165) is 32.7 Å². The molecule has 0 radical (unpaired) electrons. The number of rotatable bonds is 10. The quantitative estimate of drug-likeness (QED) is 0.709. The first-order valence-corrected chi connectivity index (χ1v) is 7.96. The normalized spacial score (nSPS) is 11.1. The average molecular weight is 277 g/mol. The van der Waals surface area contributed by atoms with E-state index < -0.39 is 0 Å². The Morgan fingerprint density at radius 1 is 0.950 bits per heavy atom. The predicted octanol–water partition coefficient (Wildman–Crippen LogP) is 2.96. The summed E-state index contributed by atoms with van der Waals surface area (Å²) in [6.45, 7) is 13.4. The second kappa shape index (κ2) is 9.78. The van der Waals surface area contributed by atoms with E-state index in [1.165, 1.54) is 24.2 Å². The zero-order valence-corrected chi connectivity index (χ0v) is 13.7. The van der Waals surface area contributed by atoms with Crippen LogP contribution in [0.4, 0.5) is 5.69 Å². The molecule has 0 fully saturated rings. The molecule has 0 spiro atoms. The topological polar surface area (TPSA) is 18.5 Å². The molecule has 1 aromatic carbocycles. The van der Waals surface area contributed by atoms with E-state index in [4.69, 9.17) is 0 Å². The number of hydrogen-bond acceptors (Lipinski definition) is 3. The number of anilines is 1. The van der Waals surface area contributed by atoms with Gasteiger partial charge in [0.05, 0.1) is 0 Å². The first-order chi connectivity index (χ1) is 9.76. The number of hydrogen-bond donors (Lipinski definition) is 1. The summed E-state index contributed by atoms with van der Waals surface area (Å²) in [5, 5.41) is 3.26. The van der Waals surface area contributed by atoms with Gasteiger partial charge >= 0.3 is 0 Å². The van der Waals surface area contributed by atoms with E-state index in [0.29, 0.717) is 0 Å². The van der Waals surface area contributed by atoms with Crippen LogP contribution in [0, 0.1) is 0 Å². The van der Waals surface area contributed by atoms with Gasteiger partial charge in [0.2, 0.25) is 0 Å². The molecule has 0 aliphatic heterocycles. The third-order valence-corrected chi connectivity index (χ3v) is 3.88. The van der Waals surface area contributed by atoms with E-state index in [-0.39, 0.29) is 0 Å². The zero-order chi connectivity index (χ0) is 14.8. The molecule has 0 aliphatic rings. The van der Waals surface area contributed by atoms with Gasteiger partial charge in [0, 0.05) is 25.3 Å². The summed E-state index contributed by atoms with van der Waals surface area (Å²) in [6.07, 6.45) is 1.23. The number of para-hydroxylation sites is 1. The van der Waals surface area contributed by atoms with Crippen molar-refractivity contribution in [3.05, 3.63) is 29.8 Å². The highest BCUT2D eigenvalue weighted by Gasteiger charge is 2.09. The molecule has 0 amide bonds. The summed E-state index contributed by atoms with van der Waals surface area (Å²) in [4.78, 5) is 4.99. The summed E-state index contributed by atoms with van der Waals surface area (Å²) in [6, 6.07) is 8.73. The Morgan fingerprint density at radius 2 is 1.65 bits per heavy atom. The van der Waals surface area contributed by atoms with E-state index in [9.17, 15) is 0 Å². The maximum Gasteiger partial charge on any atom is 0.0411 e. The molecule has 0 aromatic heterocycles. The van der Waals surface area contributed by atoms with Crippen LogP contribution in [0.15, 0.2) is 24.3 Å². The lowest BCUT2D eigenvalue weighted by molar-refractivity contribution is 0.300. The third-order valence-electron chi connectivity index (χ3n) is 3.88. The van der Waals surface area contributed by atoms with E-state index in [2.05, 4.69) is 60.2 Å². The van der Waals surface area contributed by atoms with Gasteiger partial charge in [-0.25, -0.2) is 0 Å². The van der Waals surface area contributed by atoms with E-state index >= 15 is 0 Å². The van der Waals surface area contributed by atoms with Crippen LogP contribution in [0.25, 0.3) is 0 Å². The fraction of sp³-hybridized carbons (Fsp3) is 0.647. The largest absolute Gasteiger partial charge is 0.372 e. The van der Waals surface area contributed by atoms with Crippen molar-refractivity contribution in [1.29, 1.82) is 0 Å². The van der Waals surface area contributed by atoms with Crippen molar-refractivity contribution in [2.24, 2.45) is 0 Å². The molecular formula is C17H31N3. The molecule has 3 nitrogen and oxygen atoms in total. The van der Waals surface area contributed by atoms with Gasteiger partial charge in [0.1, 0.15) is 0 Å². The summed E-state index contributed by atoms with van der Waals surface area (Å²) in [7, 11) is 2.01. The predicted molar refractivity (Wildman–Crippen MR) is 89.5 cm³/mol. The SMILES string of the molecule is CCN(CC)CCCN(CC)c1ccccc1CNC. The molecule has 1 rings (SSSR count). The van der Waals surface area contributed by atoms with Crippen LogP contribution in [-0.2, 0) is 6.54 Å². The van der Waals surface area contributed by atoms with E-state index in [1.54, 1.807) is 0 Å². The van der Waals surface area contributed by atoms with Gasteiger partial charge in [-0.1, -0.05) is 32.0 Å². The number of benzene rings is 1. The van der Waals surface area contributed by atoms with Gasteiger partial charge in [0.25, 0.3) is 0 Å². The van der Waals surface area contributed by atoms with Gasteiger partial charge < -0.3 is 15.1 Å². The van der Waals surface area contributed by atoms with Crippen molar-refractivity contribution >= 4 is 5.69 Å². The van der Waals surface area contributed by atoms with Gasteiger partial charge in [-0.15, -0.1) is 0 Å². The molecule has 0 aliphatic carbocycles. The van der Waals surface area contributed by atoms with Gasteiger partial charge in [-0.05, 0) is 51.7 Å². The highest BCUT2D eigenvalue weighted by atomic mass is 15.1. The van der Waals surface area contributed by atoms with Gasteiger partial charge in [-0.2, -0.15) is 0 Å². The van der Waals surface area contributed by atoms with Crippen molar-refractivity contribution < 1.29 is 0 Å². The molecule has 0 atom stereocenters. The van der Waals surface area contributed by atoms with Crippen LogP contribution < -0.4 is 10.2 Å². The molecular weight excluding hydrogens is 246 g/mol. The lowest BCUT2D eigenvalue weighted by atomic mass is 10.1. The van der Waals surface area contributed by atoms with Crippen LogP contribution in [0.1, 0.15) is 32.8 Å². The van der Waals surface area contributed by atoms with Crippen LogP contribution >= 0.6 is 0 Å². The van der Waals surface area contributed by atoms with Crippen LogP contribution in [0.5, 0.6) is 0 Å². The highest BCUT2D eigenvalue weighted by molar-refractivity contribution is 5.53. The highest BCUT2D eigenvalue weighted by Crippen LogP contribution is 2.20. The maximum atomic E-state index is 3.26. The molecule has 20 heavy (non-hydrogen) atoms. The first-order valence-electron chi connectivity index (χ1n) is 7.96. The minimum Gasteiger partial charge on any atom is -0.372 e. The number of nitrogens with zero attached hydrogens (tertiary/aromatic N) is 2. The summed E-state index contributed by atoms with van der Waals surface area (Å²) < 4.78 is 0. The minimum absolute atomic E-state index is 0.933. The minimum atomic E-state index is 0.933. The molecule has 3 heteroatoms. The lowest BCUT2D eigenvalue weighted by Crippen LogP contribution is -2.30. The smallest absolute Gasteiger partial charge is 0.0411 e. The van der Waals surface area contributed by atoms with Crippen LogP contribution in [0.3, 0.4) is 0 Å². The monoisotopic (exact) mass is 277 g/mol. The Labute approximate surface area is 125 Å². The second-order valence-corrected chi connectivity index (χ2v) is 5.12. The summed E-state index contributed by atoms with van der Waals surface area (Å²) in [5.41, 5.74) is 2.77. The standard InChI is InChI=1S/C17H31N3/c1-5-19(6-2)13-10-14-20(7-3)17-12-9-8-11-16(17)15-18-4/h8-9,11-12,18H,5-7,10,13-15H2,1-4H3. The fourth-order valence-corrected chi connectivity index (χ4v) is 2.63. The summed E-state index contributed by atoms with van der Waals surface area (Å²) in [5.74, 6) is 0. The van der Waals surface area contributed by atoms with Gasteiger partial charge in [0.15, 0.2) is 0 Å². The van der Waals surface area contributed by atoms with Crippen LogP contribution in [-0.4, -0.2) is 44.7 Å². The van der Waals surface area contributed by atoms with Gasteiger partial charge in [-0.3, -0.25) is 0 Å². The van der Waals surface area contributed by atoms with Crippen molar-refractivity contribution in [1.82, 2.24) is 10.2 Å². The Bertz CT molecular complexity index is 361. The lowest BCUT2D eigenvalue weighted by Gasteiger charge is -2.27. The maximum absolute atomic E-state index is 3.26.